The molecule has 0 saturated heterocycles. The van der Waals surface area contributed by atoms with E-state index in [1.807, 2.05) is 26.1 Å². The number of carboxylic acids is 1. The van der Waals surface area contributed by atoms with Crippen LogP contribution in [0.4, 0.5) is 0 Å². The fourth-order valence-electron chi connectivity index (χ4n) is 1.61. The number of nitrogens with zero attached hydrogens (tertiary/aromatic N) is 1. The van der Waals surface area contributed by atoms with E-state index < -0.39 is 5.97 Å². The molecule has 0 amide bonds. The van der Waals surface area contributed by atoms with Crippen molar-refractivity contribution >= 4 is 21.9 Å². The van der Waals surface area contributed by atoms with Crippen molar-refractivity contribution in [1.82, 2.24) is 4.90 Å². The molecule has 3 nitrogen and oxygen atoms in total. The predicted molar refractivity (Wildman–Crippen MR) is 76.5 cm³/mol. The zero-order chi connectivity index (χ0) is 13.5. The van der Waals surface area contributed by atoms with E-state index in [1.54, 1.807) is 6.08 Å². The second kappa shape index (κ2) is 7.34. The Balaban J connectivity index is 2.53. The van der Waals surface area contributed by atoms with Gasteiger partial charge in [0.25, 0.3) is 0 Å². The Morgan fingerprint density at radius 3 is 2.50 bits per heavy atom. The number of likely N-dealkylation sites (N-methyl/N-ethyl adjacent to an activating group) is 1. The third-order valence-electron chi connectivity index (χ3n) is 2.67. The van der Waals surface area contributed by atoms with Crippen molar-refractivity contribution < 1.29 is 9.90 Å². The van der Waals surface area contributed by atoms with Crippen molar-refractivity contribution in [3.8, 4) is 0 Å². The third kappa shape index (κ3) is 5.02. The predicted octanol–water partition coefficient (Wildman–Crippen LogP) is 3.30. The first-order valence-electron chi connectivity index (χ1n) is 5.88. The lowest BCUT2D eigenvalue weighted by Crippen LogP contribution is -2.18. The molecular weight excluding hydrogens is 294 g/mol. The highest BCUT2D eigenvalue weighted by atomic mass is 79.9. The number of benzene rings is 1. The summed E-state index contributed by atoms with van der Waals surface area (Å²) >= 11 is 3.40. The van der Waals surface area contributed by atoms with Gasteiger partial charge in [-0.25, -0.2) is 4.79 Å². The molecule has 1 N–H and O–H groups in total. The average molecular weight is 312 g/mol. The first-order chi connectivity index (χ1) is 8.52. The van der Waals surface area contributed by atoms with Gasteiger partial charge in [0.1, 0.15) is 0 Å². The molecular formula is C14H18BrNO2. The van der Waals surface area contributed by atoms with Crippen LogP contribution in [0.5, 0.6) is 0 Å². The van der Waals surface area contributed by atoms with E-state index in [-0.39, 0.29) is 0 Å². The molecule has 0 radical (unpaired) electrons. The number of halogens is 1. The SMILES string of the molecule is CCC(=CCN(C)Cc1ccc(Br)cc1)C(=O)O. The van der Waals surface area contributed by atoms with Crippen LogP contribution in [0.15, 0.2) is 40.4 Å². The Morgan fingerprint density at radius 2 is 2.00 bits per heavy atom. The molecule has 18 heavy (non-hydrogen) atoms. The van der Waals surface area contributed by atoms with Crippen molar-refractivity contribution in [2.45, 2.75) is 19.9 Å². The second-order valence-corrected chi connectivity index (χ2v) is 5.13. The molecule has 0 aromatic heterocycles. The summed E-state index contributed by atoms with van der Waals surface area (Å²) in [5.41, 5.74) is 1.68. The van der Waals surface area contributed by atoms with Crippen molar-refractivity contribution in [3.63, 3.8) is 0 Å². The Hall–Kier alpha value is -1.13. The molecule has 1 aromatic carbocycles. The highest BCUT2D eigenvalue weighted by molar-refractivity contribution is 9.10. The fourth-order valence-corrected chi connectivity index (χ4v) is 1.88. The molecule has 98 valence electrons. The quantitative estimate of drug-likeness (QED) is 0.819. The highest BCUT2D eigenvalue weighted by Gasteiger charge is 2.05. The number of hydrogen-bond donors (Lipinski definition) is 1. The molecule has 0 heterocycles. The largest absolute Gasteiger partial charge is 0.478 e. The second-order valence-electron chi connectivity index (χ2n) is 4.21. The van der Waals surface area contributed by atoms with Crippen LogP contribution >= 0.6 is 15.9 Å². The van der Waals surface area contributed by atoms with Crippen LogP contribution in [0.2, 0.25) is 0 Å². The third-order valence-corrected chi connectivity index (χ3v) is 3.20. The molecule has 0 fully saturated rings. The van der Waals surface area contributed by atoms with E-state index in [0.717, 1.165) is 11.0 Å². The summed E-state index contributed by atoms with van der Waals surface area (Å²) in [7, 11) is 1.98. The van der Waals surface area contributed by atoms with Gasteiger partial charge in [0.2, 0.25) is 0 Å². The van der Waals surface area contributed by atoms with Gasteiger partial charge in [-0.1, -0.05) is 41.1 Å². The van der Waals surface area contributed by atoms with Gasteiger partial charge in [0, 0.05) is 23.1 Å². The zero-order valence-electron chi connectivity index (χ0n) is 10.7. The van der Waals surface area contributed by atoms with Crippen molar-refractivity contribution in [3.05, 3.63) is 46.0 Å². The lowest BCUT2D eigenvalue weighted by molar-refractivity contribution is -0.132. The van der Waals surface area contributed by atoms with Crippen LogP contribution in [0.3, 0.4) is 0 Å². The molecule has 0 aliphatic rings. The van der Waals surface area contributed by atoms with Crippen molar-refractivity contribution in [1.29, 1.82) is 0 Å². The number of carbonyl (C=O) groups is 1. The molecule has 0 saturated carbocycles. The minimum absolute atomic E-state index is 0.470. The van der Waals surface area contributed by atoms with Crippen LogP contribution in [-0.4, -0.2) is 29.6 Å². The van der Waals surface area contributed by atoms with Gasteiger partial charge in [-0.2, -0.15) is 0 Å². The van der Waals surface area contributed by atoms with E-state index in [2.05, 4.69) is 33.0 Å². The number of aliphatic carboxylic acids is 1. The molecule has 4 heteroatoms. The summed E-state index contributed by atoms with van der Waals surface area (Å²) in [5, 5.41) is 8.91. The monoisotopic (exact) mass is 311 g/mol. The molecule has 1 rings (SSSR count). The summed E-state index contributed by atoms with van der Waals surface area (Å²) in [6, 6.07) is 8.13. The molecule has 0 bridgehead atoms. The van der Waals surface area contributed by atoms with Crippen LogP contribution in [0, 0.1) is 0 Å². The summed E-state index contributed by atoms with van der Waals surface area (Å²) in [5.74, 6) is -0.824. The maximum absolute atomic E-state index is 10.8. The molecule has 0 atom stereocenters. The average Bonchev–Trinajstić information content (AvgIpc) is 2.32. The van der Waals surface area contributed by atoms with Gasteiger partial charge in [0.15, 0.2) is 0 Å². The summed E-state index contributed by atoms with van der Waals surface area (Å²) in [6.07, 6.45) is 2.34. The Morgan fingerprint density at radius 1 is 1.39 bits per heavy atom. The highest BCUT2D eigenvalue weighted by Crippen LogP contribution is 2.12. The van der Waals surface area contributed by atoms with Gasteiger partial charge in [-0.15, -0.1) is 0 Å². The fraction of sp³-hybridized carbons (Fsp3) is 0.357. The molecule has 0 aliphatic carbocycles. The van der Waals surface area contributed by atoms with Gasteiger partial charge in [0.05, 0.1) is 0 Å². The lowest BCUT2D eigenvalue weighted by atomic mass is 10.2. The first kappa shape index (κ1) is 14.9. The van der Waals surface area contributed by atoms with Gasteiger partial charge in [-0.05, 0) is 31.2 Å². The van der Waals surface area contributed by atoms with E-state index in [0.29, 0.717) is 18.5 Å². The minimum atomic E-state index is -0.824. The van der Waals surface area contributed by atoms with Crippen molar-refractivity contribution in [2.75, 3.05) is 13.6 Å². The number of carboxylic acid groups (broad SMARTS) is 1. The standard InChI is InChI=1S/C14H18BrNO2/c1-3-12(14(17)18)8-9-16(2)10-11-4-6-13(15)7-5-11/h4-8H,3,9-10H2,1-2H3,(H,17,18). The maximum atomic E-state index is 10.8. The van der Waals surface area contributed by atoms with Crippen LogP contribution in [-0.2, 0) is 11.3 Å². The zero-order valence-corrected chi connectivity index (χ0v) is 12.3. The lowest BCUT2D eigenvalue weighted by Gasteiger charge is -2.15. The summed E-state index contributed by atoms with van der Waals surface area (Å²) in [6.45, 7) is 3.31. The number of hydrogen-bond acceptors (Lipinski definition) is 2. The van der Waals surface area contributed by atoms with Crippen molar-refractivity contribution in [2.24, 2.45) is 0 Å². The van der Waals surface area contributed by atoms with Gasteiger partial charge in [-0.3, -0.25) is 4.90 Å². The van der Waals surface area contributed by atoms with E-state index in [4.69, 9.17) is 5.11 Å². The van der Waals surface area contributed by atoms with Crippen LogP contribution in [0.25, 0.3) is 0 Å². The van der Waals surface area contributed by atoms with Gasteiger partial charge < -0.3 is 5.11 Å². The molecule has 0 spiro atoms. The van der Waals surface area contributed by atoms with E-state index >= 15 is 0 Å². The first-order valence-corrected chi connectivity index (χ1v) is 6.67. The van der Waals surface area contributed by atoms with Gasteiger partial charge >= 0.3 is 5.97 Å². The topological polar surface area (TPSA) is 40.5 Å². The van der Waals surface area contributed by atoms with Crippen LogP contribution in [0.1, 0.15) is 18.9 Å². The Kier molecular flexibility index (Phi) is 6.09. The molecule has 0 aliphatic heterocycles. The molecule has 0 unspecified atom stereocenters. The van der Waals surface area contributed by atoms with E-state index in [1.165, 1.54) is 5.56 Å². The molecule has 1 aromatic rings. The minimum Gasteiger partial charge on any atom is -0.478 e. The summed E-state index contributed by atoms with van der Waals surface area (Å²) in [4.78, 5) is 12.9. The Labute approximate surface area is 116 Å². The van der Waals surface area contributed by atoms with Crippen LogP contribution < -0.4 is 0 Å². The normalized spacial score (nSPS) is 11.9. The summed E-state index contributed by atoms with van der Waals surface area (Å²) < 4.78 is 1.06. The smallest absolute Gasteiger partial charge is 0.331 e. The number of rotatable bonds is 6. The van der Waals surface area contributed by atoms with E-state index in [9.17, 15) is 4.79 Å². The Bertz CT molecular complexity index is 426. The maximum Gasteiger partial charge on any atom is 0.331 e.